The molecule has 0 saturated carbocycles. The van der Waals surface area contributed by atoms with E-state index in [1.54, 1.807) is 0 Å². The van der Waals surface area contributed by atoms with Gasteiger partial charge in [-0.3, -0.25) is 6.08 Å². The number of halogens is 2. The van der Waals surface area contributed by atoms with E-state index < -0.39 is 0 Å². The third-order valence-corrected chi connectivity index (χ3v) is 8.57. The minimum atomic E-state index is 0. The van der Waals surface area contributed by atoms with Crippen LogP contribution in [0.3, 0.4) is 0 Å². The monoisotopic (exact) mass is 668 g/mol. The van der Waals surface area contributed by atoms with E-state index >= 15 is 0 Å². The van der Waals surface area contributed by atoms with Crippen LogP contribution in [0.15, 0.2) is 121 Å². The average Bonchev–Trinajstić information content (AvgIpc) is 3.64. The second-order valence-corrected chi connectivity index (χ2v) is 13.6. The van der Waals surface area contributed by atoms with E-state index in [9.17, 15) is 0 Å². The number of benzene rings is 4. The Kier molecular flexibility index (Phi) is 13.5. The second kappa shape index (κ2) is 15.9. The molecule has 0 saturated heterocycles. The van der Waals surface area contributed by atoms with Gasteiger partial charge in [-0.15, -0.1) is 46.2 Å². The standard InChI is InChI=1S/C21H25.C13H10.C5H5.2ClH.Zr/c1-20(2,3)16-7-9-18-14(12-16)11-15-13-17(21(4,5)6)8-10-19(15)18;1-3-7-12(8-4-1)11-13-9-5-2-6-10-13;1-2-4-5-3-1;;;/h7-13H,1-6H3;1-10H;1-3H,4H2;2*1H;/q-1;;-1;;;+2/p-2. The number of rotatable bonds is 2. The topological polar surface area (TPSA) is 0 Å². The molecule has 0 radical (unpaired) electrons. The van der Waals surface area contributed by atoms with Gasteiger partial charge >= 0.3 is 99.2 Å². The number of fused-ring (bicyclic) bond motifs is 3. The molecule has 3 heteroatoms. The Morgan fingerprint density at radius 2 is 1.07 bits per heavy atom. The van der Waals surface area contributed by atoms with Crippen LogP contribution in [0.25, 0.3) is 21.5 Å². The predicted molar refractivity (Wildman–Crippen MR) is 172 cm³/mol. The molecule has 0 aromatic heterocycles. The van der Waals surface area contributed by atoms with Crippen LogP contribution < -0.4 is 24.8 Å². The van der Waals surface area contributed by atoms with E-state index in [1.165, 1.54) is 71.2 Å². The van der Waals surface area contributed by atoms with Crippen molar-refractivity contribution in [1.29, 1.82) is 0 Å². The van der Waals surface area contributed by atoms with Crippen molar-refractivity contribution in [2.45, 2.75) is 58.8 Å². The summed E-state index contributed by atoms with van der Waals surface area (Å²) in [4.78, 5) is 0. The van der Waals surface area contributed by atoms with Gasteiger partial charge in [-0.25, -0.2) is 12.2 Å². The van der Waals surface area contributed by atoms with Crippen molar-refractivity contribution in [2.24, 2.45) is 0 Å². The van der Waals surface area contributed by atoms with Gasteiger partial charge in [-0.1, -0.05) is 76.9 Å². The van der Waals surface area contributed by atoms with Gasteiger partial charge in [-0.2, -0.15) is 6.08 Å². The van der Waals surface area contributed by atoms with Gasteiger partial charge in [0.1, 0.15) is 0 Å². The fourth-order valence-corrected chi connectivity index (χ4v) is 5.49. The summed E-state index contributed by atoms with van der Waals surface area (Å²) in [5.74, 6) is 0. The molecule has 1 aliphatic carbocycles. The molecule has 0 spiro atoms. The van der Waals surface area contributed by atoms with Crippen LogP contribution in [-0.2, 0) is 35.1 Å². The maximum atomic E-state index is 2.99. The molecule has 0 unspecified atom stereocenters. The number of hydrogen-bond acceptors (Lipinski definition) is 0. The third kappa shape index (κ3) is 9.54. The van der Waals surface area contributed by atoms with Crippen molar-refractivity contribution in [3.8, 4) is 0 Å². The molecule has 0 atom stereocenters. The Morgan fingerprint density at radius 1 is 0.643 bits per heavy atom. The summed E-state index contributed by atoms with van der Waals surface area (Å²) < 4.78 is 1.42. The van der Waals surface area contributed by atoms with Crippen LogP contribution in [0.5, 0.6) is 0 Å². The first-order valence-electron chi connectivity index (χ1n) is 14.1. The van der Waals surface area contributed by atoms with E-state index in [1.807, 2.05) is 12.2 Å². The third-order valence-electron chi connectivity index (χ3n) is 7.15. The summed E-state index contributed by atoms with van der Waals surface area (Å²) in [5.41, 5.74) is 5.87. The Morgan fingerprint density at radius 3 is 1.38 bits per heavy atom. The molecule has 0 fully saturated rings. The first-order valence-corrected chi connectivity index (χ1v) is 15.3. The quantitative estimate of drug-likeness (QED) is 0.244. The summed E-state index contributed by atoms with van der Waals surface area (Å²) in [5, 5.41) is 5.48. The van der Waals surface area contributed by atoms with Crippen molar-refractivity contribution in [3.05, 3.63) is 150 Å². The summed E-state index contributed by atoms with van der Waals surface area (Å²) >= 11 is 1.46. The van der Waals surface area contributed by atoms with Gasteiger partial charge in [0.2, 0.25) is 0 Å². The van der Waals surface area contributed by atoms with Crippen molar-refractivity contribution in [1.82, 2.24) is 0 Å². The van der Waals surface area contributed by atoms with E-state index in [2.05, 4.69) is 157 Å². The molecular weight excluding hydrogens is 631 g/mol. The molecule has 6 rings (SSSR count). The summed E-state index contributed by atoms with van der Waals surface area (Å²) in [6.45, 7) is 13.6. The molecule has 0 heterocycles. The molecule has 42 heavy (non-hydrogen) atoms. The summed E-state index contributed by atoms with van der Waals surface area (Å²) in [6.07, 6.45) is 10.0. The first-order chi connectivity index (χ1) is 19.0. The van der Waals surface area contributed by atoms with Gasteiger partial charge in [0, 0.05) is 0 Å². The van der Waals surface area contributed by atoms with Crippen LogP contribution >= 0.6 is 0 Å². The van der Waals surface area contributed by atoms with Gasteiger partial charge in [-0.05, 0) is 10.8 Å². The van der Waals surface area contributed by atoms with Crippen LogP contribution in [0.2, 0.25) is 0 Å². The van der Waals surface area contributed by atoms with Crippen molar-refractivity contribution >= 4 is 24.8 Å². The molecule has 5 aromatic rings. The zero-order valence-corrected chi connectivity index (χ0v) is 29.5. The molecule has 0 bridgehead atoms. The Labute approximate surface area is 280 Å². The number of allylic oxidation sites excluding steroid dienone is 4. The fraction of sp³-hybridized carbons (Fsp3) is 0.231. The SMILES string of the molecule is CC(C)(C)c1ccc2c(c1)[cH-]c1cc(C(C)(C)C)ccc12.[C-]1=CC=CC1.[Cl-].[Cl-].[Zr+2]=[C](c1ccccc1)c1ccccc1. The number of hydrogen-bond donors (Lipinski definition) is 0. The Bertz CT molecular complexity index is 1510. The predicted octanol–water partition coefficient (Wildman–Crippen LogP) is 4.42. The average molecular weight is 671 g/mol. The maximum absolute atomic E-state index is 2.99. The van der Waals surface area contributed by atoms with Gasteiger partial charge in [0.15, 0.2) is 0 Å². The minimum absolute atomic E-state index is 0. The van der Waals surface area contributed by atoms with Crippen LogP contribution in [0.1, 0.15) is 70.2 Å². The van der Waals surface area contributed by atoms with Gasteiger partial charge in [0.05, 0.1) is 0 Å². The van der Waals surface area contributed by atoms with Crippen molar-refractivity contribution < 1.29 is 49.0 Å². The van der Waals surface area contributed by atoms with E-state index in [4.69, 9.17) is 0 Å². The van der Waals surface area contributed by atoms with Crippen LogP contribution in [0, 0.1) is 6.08 Å². The normalized spacial score (nSPS) is 12.0. The molecule has 216 valence electrons. The zero-order valence-electron chi connectivity index (χ0n) is 25.5. The zero-order chi connectivity index (χ0) is 28.8. The van der Waals surface area contributed by atoms with Gasteiger partial charge < -0.3 is 24.8 Å². The van der Waals surface area contributed by atoms with Crippen LogP contribution in [0.4, 0.5) is 0 Å². The van der Waals surface area contributed by atoms with E-state index in [-0.39, 0.29) is 35.6 Å². The Balaban J connectivity index is 0.000000253. The molecule has 0 N–H and O–H groups in total. The summed E-state index contributed by atoms with van der Waals surface area (Å²) in [7, 11) is 0. The molecule has 0 nitrogen and oxygen atoms in total. The van der Waals surface area contributed by atoms with E-state index in [0.717, 1.165) is 6.42 Å². The summed E-state index contributed by atoms with van der Waals surface area (Å²) in [6, 6.07) is 37.3. The van der Waals surface area contributed by atoms with Crippen LogP contribution in [-0.4, -0.2) is 3.21 Å². The molecule has 0 aliphatic heterocycles. The molecular formula is C39H40Cl2Zr-2. The molecule has 1 aliphatic rings. The first kappa shape index (κ1) is 35.8. The van der Waals surface area contributed by atoms with Crippen molar-refractivity contribution in [3.63, 3.8) is 0 Å². The molecule has 5 aromatic carbocycles. The second-order valence-electron chi connectivity index (χ2n) is 12.4. The fourth-order valence-electron chi connectivity index (χ4n) is 4.67. The van der Waals surface area contributed by atoms with Crippen molar-refractivity contribution in [2.75, 3.05) is 0 Å². The van der Waals surface area contributed by atoms with Gasteiger partial charge in [0.25, 0.3) is 0 Å². The Hall–Kier alpha value is -2.44. The molecule has 0 amide bonds. The van der Waals surface area contributed by atoms with E-state index in [0.29, 0.717) is 0 Å².